The van der Waals surface area contributed by atoms with E-state index in [1.54, 1.807) is 0 Å². The summed E-state index contributed by atoms with van der Waals surface area (Å²) in [4.78, 5) is 4.46. The normalized spacial score (nSPS) is 11.2. The lowest BCUT2D eigenvalue weighted by molar-refractivity contribution is 0.527. The predicted molar refractivity (Wildman–Crippen MR) is 87.0 cm³/mol. The highest BCUT2D eigenvalue weighted by Crippen LogP contribution is 2.11. The van der Waals surface area contributed by atoms with Crippen LogP contribution in [-0.2, 0) is 13.1 Å². The Labute approximate surface area is 125 Å². The van der Waals surface area contributed by atoms with Crippen molar-refractivity contribution in [2.75, 3.05) is 6.54 Å². The molecule has 0 aliphatic rings. The van der Waals surface area contributed by atoms with Gasteiger partial charge in [-0.2, -0.15) is 0 Å². The van der Waals surface area contributed by atoms with Gasteiger partial charge in [-0.25, -0.2) is 4.98 Å². The quantitative estimate of drug-likeness (QED) is 0.573. The molecule has 3 nitrogen and oxygen atoms in total. The molecule has 1 heterocycles. The van der Waals surface area contributed by atoms with Crippen LogP contribution >= 0.6 is 0 Å². The van der Waals surface area contributed by atoms with Gasteiger partial charge in [-0.05, 0) is 26.3 Å². The van der Waals surface area contributed by atoms with Crippen LogP contribution in [0.15, 0.2) is 6.20 Å². The van der Waals surface area contributed by atoms with Crippen LogP contribution in [0.2, 0.25) is 0 Å². The van der Waals surface area contributed by atoms with Crippen LogP contribution < -0.4 is 5.32 Å². The highest BCUT2D eigenvalue weighted by Gasteiger charge is 2.05. The zero-order chi connectivity index (χ0) is 14.6. The summed E-state index contributed by atoms with van der Waals surface area (Å²) in [5.41, 5.74) is 1.34. The number of hydrogen-bond donors (Lipinski definition) is 1. The maximum atomic E-state index is 4.46. The summed E-state index contributed by atoms with van der Waals surface area (Å²) in [7, 11) is 0. The SMILES string of the molecule is CCCCCCCCCn1c(CNCCC)cnc1C. The van der Waals surface area contributed by atoms with Gasteiger partial charge in [0.25, 0.3) is 0 Å². The first-order valence-corrected chi connectivity index (χ1v) is 8.51. The Morgan fingerprint density at radius 1 is 1.00 bits per heavy atom. The van der Waals surface area contributed by atoms with Crippen LogP contribution in [0.25, 0.3) is 0 Å². The molecule has 1 aromatic heterocycles. The molecular weight excluding hydrogens is 246 g/mol. The van der Waals surface area contributed by atoms with Crippen LogP contribution in [0, 0.1) is 6.92 Å². The molecule has 0 bridgehead atoms. The number of nitrogens with zero attached hydrogens (tertiary/aromatic N) is 2. The minimum absolute atomic E-state index is 0.950. The van der Waals surface area contributed by atoms with Crippen LogP contribution in [0.5, 0.6) is 0 Å². The van der Waals surface area contributed by atoms with Crippen molar-refractivity contribution in [2.24, 2.45) is 0 Å². The number of aryl methyl sites for hydroxylation is 1. The Bertz CT molecular complexity index is 344. The van der Waals surface area contributed by atoms with Crippen molar-refractivity contribution >= 4 is 0 Å². The summed E-state index contributed by atoms with van der Waals surface area (Å²) >= 11 is 0. The smallest absolute Gasteiger partial charge is 0.105 e. The molecule has 1 aromatic rings. The van der Waals surface area contributed by atoms with Gasteiger partial charge in [0.15, 0.2) is 0 Å². The van der Waals surface area contributed by atoms with Crippen molar-refractivity contribution in [1.29, 1.82) is 0 Å². The van der Waals surface area contributed by atoms with Crippen LogP contribution in [-0.4, -0.2) is 16.1 Å². The van der Waals surface area contributed by atoms with Crippen molar-refractivity contribution in [1.82, 2.24) is 14.9 Å². The maximum Gasteiger partial charge on any atom is 0.105 e. The standard InChI is InChI=1S/C17H33N3/c1-4-6-7-8-9-10-11-13-20-16(3)19-15-17(20)14-18-12-5-2/h15,18H,4-14H2,1-3H3. The Morgan fingerprint density at radius 2 is 1.70 bits per heavy atom. The zero-order valence-corrected chi connectivity index (χ0v) is 13.7. The van der Waals surface area contributed by atoms with Crippen LogP contribution in [0.3, 0.4) is 0 Å². The Kier molecular flexibility index (Phi) is 9.38. The van der Waals surface area contributed by atoms with Gasteiger partial charge in [0, 0.05) is 19.3 Å². The van der Waals surface area contributed by atoms with E-state index in [-0.39, 0.29) is 0 Å². The molecule has 0 aromatic carbocycles. The average molecular weight is 279 g/mol. The molecule has 3 heteroatoms. The summed E-state index contributed by atoms with van der Waals surface area (Å²) in [5, 5.41) is 3.47. The van der Waals surface area contributed by atoms with E-state index in [4.69, 9.17) is 0 Å². The third-order valence-electron chi connectivity index (χ3n) is 3.86. The van der Waals surface area contributed by atoms with Crippen LogP contribution in [0.4, 0.5) is 0 Å². The summed E-state index contributed by atoms with van der Waals surface area (Å²) in [5.74, 6) is 1.16. The molecule has 20 heavy (non-hydrogen) atoms. The maximum absolute atomic E-state index is 4.46. The second kappa shape index (κ2) is 10.9. The average Bonchev–Trinajstić information content (AvgIpc) is 2.79. The van der Waals surface area contributed by atoms with Crippen molar-refractivity contribution in [2.45, 2.75) is 85.2 Å². The zero-order valence-electron chi connectivity index (χ0n) is 13.7. The van der Waals surface area contributed by atoms with Gasteiger partial charge in [0.1, 0.15) is 5.82 Å². The minimum Gasteiger partial charge on any atom is -0.331 e. The van der Waals surface area contributed by atoms with Gasteiger partial charge in [-0.1, -0.05) is 52.4 Å². The van der Waals surface area contributed by atoms with E-state index in [1.165, 1.54) is 57.1 Å². The molecule has 0 spiro atoms. The highest BCUT2D eigenvalue weighted by atomic mass is 15.1. The first kappa shape index (κ1) is 17.2. The van der Waals surface area contributed by atoms with Gasteiger partial charge < -0.3 is 9.88 Å². The Hall–Kier alpha value is -0.830. The van der Waals surface area contributed by atoms with Crippen molar-refractivity contribution < 1.29 is 0 Å². The number of aromatic nitrogens is 2. The first-order valence-electron chi connectivity index (χ1n) is 8.51. The molecule has 116 valence electrons. The second-order valence-corrected chi connectivity index (χ2v) is 5.75. The van der Waals surface area contributed by atoms with Crippen molar-refractivity contribution in [3.8, 4) is 0 Å². The van der Waals surface area contributed by atoms with Gasteiger partial charge in [0.05, 0.1) is 5.69 Å². The molecule has 0 atom stereocenters. The van der Waals surface area contributed by atoms with Crippen LogP contribution in [0.1, 0.15) is 76.7 Å². The number of imidazole rings is 1. The van der Waals surface area contributed by atoms with E-state index >= 15 is 0 Å². The van der Waals surface area contributed by atoms with E-state index in [9.17, 15) is 0 Å². The molecule has 0 aliphatic carbocycles. The summed E-state index contributed by atoms with van der Waals surface area (Å²) in [6, 6.07) is 0. The molecule has 0 radical (unpaired) electrons. The first-order chi connectivity index (χ1) is 9.79. The largest absolute Gasteiger partial charge is 0.331 e. The fraction of sp³-hybridized carbons (Fsp3) is 0.824. The molecule has 0 saturated heterocycles. The number of rotatable bonds is 12. The molecule has 0 saturated carbocycles. The Balaban J connectivity index is 2.23. The molecule has 0 amide bonds. The van der Waals surface area contributed by atoms with E-state index in [2.05, 4.69) is 35.6 Å². The number of nitrogens with one attached hydrogen (secondary N) is 1. The summed E-state index contributed by atoms with van der Waals surface area (Å²) < 4.78 is 2.38. The van der Waals surface area contributed by atoms with Crippen molar-refractivity contribution in [3.63, 3.8) is 0 Å². The van der Waals surface area contributed by atoms with Gasteiger partial charge in [-0.3, -0.25) is 0 Å². The molecule has 0 unspecified atom stereocenters. The Morgan fingerprint density at radius 3 is 2.40 bits per heavy atom. The van der Waals surface area contributed by atoms with Gasteiger partial charge in [-0.15, -0.1) is 0 Å². The number of unbranched alkanes of at least 4 members (excludes halogenated alkanes) is 6. The fourth-order valence-corrected chi connectivity index (χ4v) is 2.58. The van der Waals surface area contributed by atoms with E-state index in [0.29, 0.717) is 0 Å². The van der Waals surface area contributed by atoms with E-state index in [1.807, 2.05) is 6.20 Å². The topological polar surface area (TPSA) is 29.9 Å². The second-order valence-electron chi connectivity index (χ2n) is 5.75. The molecular formula is C17H33N3. The van der Waals surface area contributed by atoms with Gasteiger partial charge in [0.2, 0.25) is 0 Å². The molecule has 0 aliphatic heterocycles. The summed E-state index contributed by atoms with van der Waals surface area (Å²) in [6.07, 6.45) is 12.8. The van der Waals surface area contributed by atoms with E-state index < -0.39 is 0 Å². The third-order valence-corrected chi connectivity index (χ3v) is 3.86. The monoisotopic (exact) mass is 279 g/mol. The van der Waals surface area contributed by atoms with Gasteiger partial charge >= 0.3 is 0 Å². The lowest BCUT2D eigenvalue weighted by atomic mass is 10.1. The number of hydrogen-bond acceptors (Lipinski definition) is 2. The molecule has 1 rings (SSSR count). The molecule has 1 N–H and O–H groups in total. The molecule has 0 fully saturated rings. The predicted octanol–water partition coefficient (Wildman–Crippen LogP) is 4.44. The fourth-order valence-electron chi connectivity index (χ4n) is 2.58. The van der Waals surface area contributed by atoms with Crippen molar-refractivity contribution in [3.05, 3.63) is 17.7 Å². The third kappa shape index (κ3) is 6.56. The minimum atomic E-state index is 0.950. The lowest BCUT2D eigenvalue weighted by Crippen LogP contribution is -2.17. The lowest BCUT2D eigenvalue weighted by Gasteiger charge is -2.11. The van der Waals surface area contributed by atoms with E-state index in [0.717, 1.165) is 25.5 Å². The highest BCUT2D eigenvalue weighted by molar-refractivity contribution is 5.04. The summed E-state index contributed by atoms with van der Waals surface area (Å²) in [6.45, 7) is 9.75.